The van der Waals surface area contributed by atoms with Crippen molar-refractivity contribution < 1.29 is 24.5 Å². The summed E-state index contributed by atoms with van der Waals surface area (Å²) in [5.74, 6) is -1.23. The summed E-state index contributed by atoms with van der Waals surface area (Å²) < 4.78 is 5.97. The Morgan fingerprint density at radius 3 is 2.30 bits per heavy atom. The van der Waals surface area contributed by atoms with Crippen LogP contribution in [0.4, 0.5) is 4.79 Å². The van der Waals surface area contributed by atoms with Crippen LogP contribution in [0.15, 0.2) is 33.9 Å². The van der Waals surface area contributed by atoms with Gasteiger partial charge in [0.25, 0.3) is 5.56 Å². The van der Waals surface area contributed by atoms with E-state index in [0.717, 1.165) is 4.57 Å². The van der Waals surface area contributed by atoms with Gasteiger partial charge in [0.05, 0.1) is 17.9 Å². The number of H-pyrrole nitrogens is 1. The third-order valence-corrected chi connectivity index (χ3v) is 4.19. The Balaban J connectivity index is 2.25. The standard InChI is InChI=1S/C20H25N3O7/c1-11-14(10-24)16(25)23(18(28)21-11)13-7-5-12(6-8-13)9-15(17(26)27)22-19(29)30-20(2,3)4/h5-8,15,24H,9-10H2,1-4H3,(H,21,28)(H,22,29)(H,26,27)/t15-/m0/s1. The molecule has 0 fully saturated rings. The largest absolute Gasteiger partial charge is 0.480 e. The minimum Gasteiger partial charge on any atom is -0.480 e. The molecular weight excluding hydrogens is 394 g/mol. The van der Waals surface area contributed by atoms with Gasteiger partial charge >= 0.3 is 17.8 Å². The molecule has 1 atom stereocenters. The molecule has 0 saturated carbocycles. The van der Waals surface area contributed by atoms with Gasteiger partial charge in [0.2, 0.25) is 0 Å². The fourth-order valence-electron chi connectivity index (χ4n) is 2.77. The fraction of sp³-hybridized carbons (Fsp3) is 0.400. The zero-order valence-electron chi connectivity index (χ0n) is 17.2. The number of carbonyl (C=O) groups is 2. The van der Waals surface area contributed by atoms with E-state index in [1.165, 1.54) is 19.1 Å². The van der Waals surface area contributed by atoms with E-state index in [2.05, 4.69) is 10.3 Å². The van der Waals surface area contributed by atoms with Crippen molar-refractivity contribution in [3.63, 3.8) is 0 Å². The number of aromatic amines is 1. The summed E-state index contributed by atoms with van der Waals surface area (Å²) in [6.07, 6.45) is -0.878. The first-order valence-corrected chi connectivity index (χ1v) is 9.20. The molecule has 0 bridgehead atoms. The Labute approximate surface area is 172 Å². The molecule has 0 aliphatic heterocycles. The van der Waals surface area contributed by atoms with Crippen LogP contribution in [0, 0.1) is 6.92 Å². The topological polar surface area (TPSA) is 151 Å². The number of aliphatic hydroxyl groups is 1. The van der Waals surface area contributed by atoms with Crippen molar-refractivity contribution in [1.82, 2.24) is 14.9 Å². The van der Waals surface area contributed by atoms with E-state index in [0.29, 0.717) is 5.56 Å². The molecule has 0 radical (unpaired) electrons. The molecule has 0 aliphatic rings. The molecule has 1 heterocycles. The number of aliphatic hydroxyl groups excluding tert-OH is 1. The Morgan fingerprint density at radius 1 is 1.20 bits per heavy atom. The quantitative estimate of drug-likeness (QED) is 0.542. The molecule has 10 heteroatoms. The number of carboxylic acid groups (broad SMARTS) is 1. The molecule has 4 N–H and O–H groups in total. The number of nitrogens with zero attached hydrogens (tertiary/aromatic N) is 1. The fourth-order valence-corrected chi connectivity index (χ4v) is 2.77. The third kappa shape index (κ3) is 5.57. The molecule has 0 spiro atoms. The minimum atomic E-state index is -1.23. The van der Waals surface area contributed by atoms with Crippen LogP contribution in [0.2, 0.25) is 0 Å². The predicted molar refractivity (Wildman–Crippen MR) is 108 cm³/mol. The van der Waals surface area contributed by atoms with Gasteiger partial charge < -0.3 is 25.3 Å². The number of aromatic nitrogens is 2. The second kappa shape index (κ2) is 8.95. The summed E-state index contributed by atoms with van der Waals surface area (Å²) in [5, 5.41) is 21.1. The van der Waals surface area contributed by atoms with Gasteiger partial charge in [-0.05, 0) is 45.4 Å². The van der Waals surface area contributed by atoms with Crippen molar-refractivity contribution >= 4 is 12.1 Å². The van der Waals surface area contributed by atoms with Crippen LogP contribution < -0.4 is 16.6 Å². The first-order valence-electron chi connectivity index (χ1n) is 9.20. The average molecular weight is 419 g/mol. The number of alkyl carbamates (subject to hydrolysis) is 1. The van der Waals surface area contributed by atoms with Gasteiger partial charge in [0, 0.05) is 12.1 Å². The maximum atomic E-state index is 12.5. The van der Waals surface area contributed by atoms with Gasteiger partial charge in [-0.3, -0.25) is 4.79 Å². The van der Waals surface area contributed by atoms with Gasteiger partial charge in [-0.25, -0.2) is 19.0 Å². The molecule has 30 heavy (non-hydrogen) atoms. The Kier molecular flexibility index (Phi) is 6.83. The lowest BCUT2D eigenvalue weighted by molar-refractivity contribution is -0.139. The lowest BCUT2D eigenvalue weighted by atomic mass is 10.1. The highest BCUT2D eigenvalue weighted by Crippen LogP contribution is 2.11. The monoisotopic (exact) mass is 419 g/mol. The number of amides is 1. The summed E-state index contributed by atoms with van der Waals surface area (Å²) in [4.78, 5) is 50.6. The molecule has 1 amide bonds. The van der Waals surface area contributed by atoms with Crippen LogP contribution in [-0.2, 0) is 22.6 Å². The number of aliphatic carboxylic acids is 1. The second-order valence-corrected chi connectivity index (χ2v) is 7.74. The van der Waals surface area contributed by atoms with Gasteiger partial charge in [-0.1, -0.05) is 12.1 Å². The number of hydrogen-bond donors (Lipinski definition) is 4. The molecule has 0 saturated heterocycles. The van der Waals surface area contributed by atoms with Gasteiger partial charge in [0.15, 0.2) is 0 Å². The Bertz CT molecular complexity index is 1050. The molecule has 0 aliphatic carbocycles. The van der Waals surface area contributed by atoms with E-state index in [-0.39, 0.29) is 23.4 Å². The predicted octanol–water partition coefficient (Wildman–Crippen LogP) is 0.847. The highest BCUT2D eigenvalue weighted by atomic mass is 16.6. The van der Waals surface area contributed by atoms with Crippen molar-refractivity contribution in [3.8, 4) is 5.69 Å². The molecule has 2 aromatic rings. The van der Waals surface area contributed by atoms with Gasteiger partial charge in [-0.15, -0.1) is 0 Å². The lowest BCUT2D eigenvalue weighted by Crippen LogP contribution is -2.44. The number of carboxylic acids is 1. The van der Waals surface area contributed by atoms with Crippen molar-refractivity contribution in [3.05, 3.63) is 61.9 Å². The summed E-state index contributed by atoms with van der Waals surface area (Å²) >= 11 is 0. The number of hydrogen-bond acceptors (Lipinski definition) is 6. The molecule has 2 rings (SSSR count). The second-order valence-electron chi connectivity index (χ2n) is 7.74. The highest BCUT2D eigenvalue weighted by molar-refractivity contribution is 5.80. The van der Waals surface area contributed by atoms with E-state index in [1.54, 1.807) is 32.9 Å². The first kappa shape index (κ1) is 22.9. The SMILES string of the molecule is Cc1[nH]c(=O)n(-c2ccc(C[C@H](NC(=O)OC(C)(C)C)C(=O)O)cc2)c(=O)c1CO. The maximum absolute atomic E-state index is 12.5. The first-order chi connectivity index (χ1) is 13.9. The van der Waals surface area contributed by atoms with E-state index in [1.807, 2.05) is 0 Å². The van der Waals surface area contributed by atoms with Crippen molar-refractivity contribution in [2.75, 3.05) is 0 Å². The summed E-state index contributed by atoms with van der Waals surface area (Å²) in [5.41, 5.74) is -0.882. The van der Waals surface area contributed by atoms with Gasteiger partial charge in [0.1, 0.15) is 11.6 Å². The van der Waals surface area contributed by atoms with Crippen LogP contribution in [-0.4, -0.2) is 43.5 Å². The smallest absolute Gasteiger partial charge is 0.408 e. The average Bonchev–Trinajstić information content (AvgIpc) is 2.60. The molecule has 162 valence electrons. The number of rotatable bonds is 6. The number of nitrogens with one attached hydrogen (secondary N) is 2. The van der Waals surface area contributed by atoms with Crippen LogP contribution in [0.25, 0.3) is 5.69 Å². The maximum Gasteiger partial charge on any atom is 0.408 e. The van der Waals surface area contributed by atoms with Gasteiger partial charge in [-0.2, -0.15) is 0 Å². The molecule has 10 nitrogen and oxygen atoms in total. The number of ether oxygens (including phenoxy) is 1. The molecule has 1 aromatic heterocycles. The lowest BCUT2D eigenvalue weighted by Gasteiger charge is -2.22. The molecular formula is C20H25N3O7. The zero-order valence-corrected chi connectivity index (χ0v) is 17.2. The van der Waals surface area contributed by atoms with Crippen LogP contribution in [0.1, 0.15) is 37.6 Å². The van der Waals surface area contributed by atoms with Crippen molar-refractivity contribution in [1.29, 1.82) is 0 Å². The Morgan fingerprint density at radius 2 is 1.80 bits per heavy atom. The molecule has 1 aromatic carbocycles. The normalized spacial score (nSPS) is 12.3. The van der Waals surface area contributed by atoms with E-state index < -0.39 is 41.6 Å². The van der Waals surface area contributed by atoms with E-state index in [9.17, 15) is 29.4 Å². The highest BCUT2D eigenvalue weighted by Gasteiger charge is 2.24. The van der Waals surface area contributed by atoms with Crippen molar-refractivity contribution in [2.24, 2.45) is 0 Å². The van der Waals surface area contributed by atoms with Crippen LogP contribution in [0.5, 0.6) is 0 Å². The summed E-state index contributed by atoms with van der Waals surface area (Å²) in [6.45, 7) is 6.00. The van der Waals surface area contributed by atoms with E-state index >= 15 is 0 Å². The van der Waals surface area contributed by atoms with Crippen molar-refractivity contribution in [2.45, 2.75) is 52.4 Å². The summed E-state index contributed by atoms with van der Waals surface area (Å²) in [7, 11) is 0. The number of carbonyl (C=O) groups excluding carboxylic acids is 1. The summed E-state index contributed by atoms with van der Waals surface area (Å²) in [6, 6.07) is 4.83. The third-order valence-electron chi connectivity index (χ3n) is 4.19. The Hall–Kier alpha value is -3.40. The zero-order chi connectivity index (χ0) is 22.6. The molecule has 0 unspecified atom stereocenters. The van der Waals surface area contributed by atoms with Crippen LogP contribution in [0.3, 0.4) is 0 Å². The van der Waals surface area contributed by atoms with Crippen LogP contribution >= 0.6 is 0 Å². The number of benzene rings is 1. The van der Waals surface area contributed by atoms with E-state index in [4.69, 9.17) is 4.74 Å². The minimum absolute atomic E-state index is 0.0318. The number of aryl methyl sites for hydroxylation is 1.